The van der Waals surface area contributed by atoms with Crippen molar-refractivity contribution in [2.75, 3.05) is 11.9 Å². The van der Waals surface area contributed by atoms with Gasteiger partial charge < -0.3 is 9.87 Å². The molecule has 0 bridgehead atoms. The molecule has 0 saturated heterocycles. The van der Waals surface area contributed by atoms with E-state index in [4.69, 9.17) is 4.18 Å². The van der Waals surface area contributed by atoms with Crippen LogP contribution >= 0.6 is 0 Å². The van der Waals surface area contributed by atoms with Crippen molar-refractivity contribution in [1.82, 2.24) is 0 Å². The van der Waals surface area contributed by atoms with Crippen molar-refractivity contribution < 1.29 is 69.8 Å². The molecule has 35 heavy (non-hydrogen) atoms. The number of anilines is 1. The van der Waals surface area contributed by atoms with E-state index in [-0.39, 0.29) is 36.2 Å². The first kappa shape index (κ1) is 30.6. The van der Waals surface area contributed by atoms with Gasteiger partial charge >= 0.3 is 29.6 Å². The molecule has 184 valence electrons. The largest absolute Gasteiger partial charge is 1.00 e. The van der Waals surface area contributed by atoms with Gasteiger partial charge in [0.1, 0.15) is 15.0 Å². The van der Waals surface area contributed by atoms with E-state index in [2.05, 4.69) is 5.32 Å². The summed E-state index contributed by atoms with van der Waals surface area (Å²) in [5.41, 5.74) is -3.36. The molecule has 0 saturated carbocycles. The molecule has 14 nitrogen and oxygen atoms in total. The molecule has 2 aromatic carbocycles. The fourth-order valence-electron chi connectivity index (χ4n) is 2.46. The Labute approximate surface area is 222 Å². The number of hydrogen-bond acceptors (Lipinski definition) is 11. The number of nitro groups is 2. The van der Waals surface area contributed by atoms with E-state index >= 15 is 0 Å². The van der Waals surface area contributed by atoms with Crippen molar-refractivity contribution >= 4 is 43.2 Å². The van der Waals surface area contributed by atoms with Gasteiger partial charge in [-0.2, -0.15) is 8.42 Å². The first-order valence-electron chi connectivity index (χ1n) is 9.16. The van der Waals surface area contributed by atoms with Gasteiger partial charge in [0.05, 0.1) is 32.6 Å². The zero-order valence-electron chi connectivity index (χ0n) is 18.9. The van der Waals surface area contributed by atoms with Crippen LogP contribution in [-0.2, 0) is 24.4 Å². The number of nitro benzene ring substituents is 2. The van der Waals surface area contributed by atoms with E-state index in [0.717, 1.165) is 18.2 Å². The van der Waals surface area contributed by atoms with Gasteiger partial charge in [-0.05, 0) is 17.5 Å². The Bertz CT molecular complexity index is 1380. The van der Waals surface area contributed by atoms with Gasteiger partial charge in [0, 0.05) is 24.3 Å². The molecule has 0 aliphatic heterocycles. The monoisotopic (exact) mass is 539 g/mol. The molecule has 0 aliphatic rings. The van der Waals surface area contributed by atoms with Crippen molar-refractivity contribution in [2.45, 2.75) is 30.6 Å². The Morgan fingerprint density at radius 3 is 1.89 bits per heavy atom. The second kappa shape index (κ2) is 11.1. The van der Waals surface area contributed by atoms with Crippen LogP contribution in [0.25, 0.3) is 0 Å². The fourth-order valence-corrected chi connectivity index (χ4v) is 4.45. The van der Waals surface area contributed by atoms with Gasteiger partial charge in [-0.1, -0.05) is 20.8 Å². The second-order valence-electron chi connectivity index (χ2n) is 8.06. The van der Waals surface area contributed by atoms with E-state index < -0.39 is 73.8 Å². The summed E-state index contributed by atoms with van der Waals surface area (Å²) in [6.45, 7) is 4.68. The van der Waals surface area contributed by atoms with Crippen molar-refractivity contribution in [3.8, 4) is 0 Å². The molecule has 0 radical (unpaired) electrons. The molecule has 0 aliphatic carbocycles. The number of benzene rings is 2. The maximum atomic E-state index is 12.7. The average molecular weight is 539 g/mol. The fraction of sp³-hybridized carbons (Fsp3) is 0.278. The van der Waals surface area contributed by atoms with E-state index in [1.165, 1.54) is 0 Å². The number of carbonyl (C=O) groups excluding carboxylic acids is 1. The molecule has 0 aromatic heterocycles. The molecule has 0 spiro atoms. The zero-order valence-corrected chi connectivity index (χ0v) is 22.5. The van der Waals surface area contributed by atoms with Crippen molar-refractivity contribution in [1.29, 1.82) is 0 Å². The Morgan fingerprint density at radius 1 is 0.943 bits per heavy atom. The molecular formula is C18H18N3NaO11S2. The minimum atomic E-state index is -5.36. The number of hydrogen-bond donors (Lipinski definition) is 1. The second-order valence-corrected chi connectivity index (χ2v) is 11.0. The molecule has 0 heterocycles. The predicted octanol–water partition coefficient (Wildman–Crippen LogP) is -0.585. The number of amides is 1. The predicted molar refractivity (Wildman–Crippen MR) is 115 cm³/mol. The van der Waals surface area contributed by atoms with Crippen LogP contribution in [0.3, 0.4) is 0 Å². The molecular weight excluding hydrogens is 521 g/mol. The molecule has 0 fully saturated rings. The third-order valence-electron chi connectivity index (χ3n) is 4.03. The first-order valence-corrected chi connectivity index (χ1v) is 12.0. The average Bonchev–Trinajstić information content (AvgIpc) is 2.70. The molecule has 2 aromatic rings. The van der Waals surface area contributed by atoms with Crippen molar-refractivity contribution in [3.63, 3.8) is 0 Å². The smallest absolute Gasteiger partial charge is 0.744 e. The summed E-state index contributed by atoms with van der Waals surface area (Å²) in [6.07, 6.45) is 0. The molecule has 2 rings (SSSR count). The number of rotatable bonds is 8. The summed E-state index contributed by atoms with van der Waals surface area (Å²) < 4.78 is 65.1. The van der Waals surface area contributed by atoms with Gasteiger partial charge in [0.25, 0.3) is 27.4 Å². The SMILES string of the molecule is CC(C)(C)COS(=O)(=O)c1cc([N+](=O)[O-])ccc1NC(=O)c1ccc([N+](=O)[O-])cc1S(=O)(=O)[O-].[Na+]. The van der Waals surface area contributed by atoms with Gasteiger partial charge in [-0.15, -0.1) is 0 Å². The third kappa shape index (κ3) is 8.03. The van der Waals surface area contributed by atoms with E-state index in [0.29, 0.717) is 18.2 Å². The summed E-state index contributed by atoms with van der Waals surface area (Å²) in [5.74, 6) is -1.31. The van der Waals surface area contributed by atoms with Crippen LogP contribution in [0.5, 0.6) is 0 Å². The van der Waals surface area contributed by atoms with Gasteiger partial charge in [-0.25, -0.2) is 8.42 Å². The van der Waals surface area contributed by atoms with E-state index in [9.17, 15) is 46.4 Å². The maximum absolute atomic E-state index is 12.7. The summed E-state index contributed by atoms with van der Waals surface area (Å²) in [7, 11) is -10.0. The van der Waals surface area contributed by atoms with Crippen molar-refractivity contribution in [2.24, 2.45) is 5.41 Å². The number of carbonyl (C=O) groups is 1. The van der Waals surface area contributed by atoms with Crippen LogP contribution in [0.1, 0.15) is 31.1 Å². The maximum Gasteiger partial charge on any atom is 1.00 e. The minimum Gasteiger partial charge on any atom is -0.744 e. The van der Waals surface area contributed by atoms with Gasteiger partial charge in [-0.3, -0.25) is 29.2 Å². The standard InChI is InChI=1S/C18H19N3O11S2.Na/c1-18(2,3)10-32-34(30,31)16-9-12(21(25)26)5-7-14(16)19-17(22)13-6-4-11(20(23)24)8-15(13)33(27,28)29;/h4-9H,10H2,1-3H3,(H,19,22)(H,27,28,29);/q;+1/p-1. The van der Waals surface area contributed by atoms with Crippen LogP contribution in [0.15, 0.2) is 46.2 Å². The summed E-state index contributed by atoms with van der Waals surface area (Å²) in [6, 6.07) is 4.24. The molecule has 1 amide bonds. The Balaban J connectivity index is 0.00000612. The number of nitrogens with zero attached hydrogens (tertiary/aromatic N) is 2. The molecule has 0 atom stereocenters. The van der Waals surface area contributed by atoms with E-state index in [1.807, 2.05) is 0 Å². The van der Waals surface area contributed by atoms with Crippen LogP contribution < -0.4 is 34.9 Å². The van der Waals surface area contributed by atoms with Gasteiger partial charge in [0.15, 0.2) is 0 Å². The zero-order chi connectivity index (χ0) is 26.1. The normalized spacial score (nSPS) is 11.9. The molecule has 17 heteroatoms. The van der Waals surface area contributed by atoms with Crippen LogP contribution in [0.4, 0.5) is 17.1 Å². The Kier molecular flexibility index (Phi) is 9.66. The Morgan fingerprint density at radius 2 is 1.43 bits per heavy atom. The quantitative estimate of drug-likeness (QED) is 0.147. The third-order valence-corrected chi connectivity index (χ3v) is 6.21. The van der Waals surface area contributed by atoms with Crippen LogP contribution in [-0.4, -0.2) is 43.7 Å². The molecule has 1 N–H and O–H groups in total. The minimum absolute atomic E-state index is 0. The number of nitrogens with one attached hydrogen (secondary N) is 1. The number of non-ortho nitro benzene ring substituents is 2. The van der Waals surface area contributed by atoms with Gasteiger partial charge in [0.2, 0.25) is 0 Å². The van der Waals surface area contributed by atoms with Crippen molar-refractivity contribution in [3.05, 3.63) is 62.2 Å². The summed E-state index contributed by atoms with van der Waals surface area (Å²) >= 11 is 0. The summed E-state index contributed by atoms with van der Waals surface area (Å²) in [4.78, 5) is 30.9. The molecule has 0 unspecified atom stereocenters. The summed E-state index contributed by atoms with van der Waals surface area (Å²) in [5, 5.41) is 24.1. The first-order chi connectivity index (χ1) is 15.4. The van der Waals surface area contributed by atoms with E-state index in [1.54, 1.807) is 20.8 Å². The van der Waals surface area contributed by atoms with Crippen LogP contribution in [0, 0.1) is 25.6 Å². The van der Waals surface area contributed by atoms with Crippen LogP contribution in [0.2, 0.25) is 0 Å². The Hall–Kier alpha value is -2.47. The topological polar surface area (TPSA) is 216 Å².